The molecule has 0 aliphatic carbocycles. The van der Waals surface area contributed by atoms with Gasteiger partial charge in [-0.3, -0.25) is 19.2 Å². The average Bonchev–Trinajstić information content (AvgIpc) is 3.41. The van der Waals surface area contributed by atoms with Crippen LogP contribution in [0.1, 0.15) is 48.9 Å². The number of hydrogen-bond donors (Lipinski definition) is 5. The first-order chi connectivity index (χ1) is 21.6. The average molecular weight is 621 g/mol. The minimum atomic E-state index is -1.88. The van der Waals surface area contributed by atoms with Crippen LogP contribution in [0.4, 0.5) is 0 Å². The van der Waals surface area contributed by atoms with Crippen molar-refractivity contribution in [1.29, 1.82) is 0 Å². The predicted octanol–water partition coefficient (Wildman–Crippen LogP) is -0.282. The molecule has 45 heavy (non-hydrogen) atoms. The number of amides is 3. The largest absolute Gasteiger partial charge is 0.494 e. The molecule has 6 N–H and O–H groups in total. The molecular formula is C31H36N6O8. The van der Waals surface area contributed by atoms with E-state index in [2.05, 4.69) is 16.0 Å². The van der Waals surface area contributed by atoms with E-state index in [0.29, 0.717) is 49.7 Å². The van der Waals surface area contributed by atoms with Gasteiger partial charge in [0, 0.05) is 23.1 Å². The fraction of sp³-hybridized carbons (Fsp3) is 0.419. The van der Waals surface area contributed by atoms with Gasteiger partial charge in [-0.15, -0.1) is 0 Å². The summed E-state index contributed by atoms with van der Waals surface area (Å²) < 4.78 is 12.7. The Hall–Kier alpha value is -4.82. The molecule has 2 aliphatic heterocycles. The van der Waals surface area contributed by atoms with E-state index in [-0.39, 0.29) is 55.3 Å². The summed E-state index contributed by atoms with van der Waals surface area (Å²) in [5.41, 5.74) is 7.40. The maximum Gasteiger partial charge on any atom is 0.343 e. The summed E-state index contributed by atoms with van der Waals surface area (Å²) in [5, 5.41) is 19.4. The number of aliphatic hydroxyl groups is 1. The number of nitrogens with zero attached hydrogens (tertiary/aromatic N) is 2. The maximum absolute atomic E-state index is 13.5. The zero-order chi connectivity index (χ0) is 32.3. The van der Waals surface area contributed by atoms with Crippen molar-refractivity contribution >= 4 is 34.6 Å². The van der Waals surface area contributed by atoms with E-state index in [0.717, 1.165) is 22.0 Å². The second kappa shape index (κ2) is 13.0. The number of aryl methyl sites for hydroxylation is 1. The highest BCUT2D eigenvalue weighted by Gasteiger charge is 2.45. The van der Waals surface area contributed by atoms with Crippen molar-refractivity contribution in [3.8, 4) is 17.1 Å². The molecule has 14 heteroatoms. The molecule has 0 saturated carbocycles. The smallest absolute Gasteiger partial charge is 0.343 e. The van der Waals surface area contributed by atoms with Crippen molar-refractivity contribution in [2.45, 2.75) is 51.9 Å². The van der Waals surface area contributed by atoms with Gasteiger partial charge in [0.1, 0.15) is 12.4 Å². The van der Waals surface area contributed by atoms with Gasteiger partial charge in [-0.25, -0.2) is 9.78 Å². The lowest BCUT2D eigenvalue weighted by atomic mass is 9.86. The van der Waals surface area contributed by atoms with Crippen LogP contribution in [-0.2, 0) is 49.1 Å². The summed E-state index contributed by atoms with van der Waals surface area (Å²) in [4.78, 5) is 65.6. The lowest BCUT2D eigenvalue weighted by molar-refractivity contribution is -0.172. The first kappa shape index (κ1) is 31.6. The Morgan fingerprint density at radius 2 is 1.80 bits per heavy atom. The molecule has 1 aromatic carbocycles. The van der Waals surface area contributed by atoms with Gasteiger partial charge in [-0.2, -0.15) is 0 Å². The van der Waals surface area contributed by atoms with Crippen molar-refractivity contribution in [2.24, 2.45) is 5.73 Å². The van der Waals surface area contributed by atoms with Gasteiger partial charge in [0.15, 0.2) is 5.60 Å². The molecule has 2 aliphatic rings. The number of hydrogen-bond acceptors (Lipinski definition) is 10. The number of aromatic nitrogens is 2. The zero-order valence-corrected chi connectivity index (χ0v) is 25.2. The summed E-state index contributed by atoms with van der Waals surface area (Å²) in [6.07, 6.45) is 1.27. The molecule has 1 unspecified atom stereocenters. The molecule has 0 saturated heterocycles. The van der Waals surface area contributed by atoms with Crippen molar-refractivity contribution in [3.05, 3.63) is 56.9 Å². The topological polar surface area (TPSA) is 204 Å². The van der Waals surface area contributed by atoms with Crippen LogP contribution < -0.4 is 32.0 Å². The number of carbonyl (C=O) groups is 4. The van der Waals surface area contributed by atoms with Crippen LogP contribution >= 0.6 is 0 Å². The summed E-state index contributed by atoms with van der Waals surface area (Å²) >= 11 is 0. The quantitative estimate of drug-likeness (QED) is 0.103. The highest BCUT2D eigenvalue weighted by atomic mass is 16.6. The highest BCUT2D eigenvalue weighted by molar-refractivity contribution is 5.90. The summed E-state index contributed by atoms with van der Waals surface area (Å²) in [5.74, 6) is -1.46. The van der Waals surface area contributed by atoms with E-state index in [9.17, 15) is 29.1 Å². The lowest BCUT2D eigenvalue weighted by Crippen LogP contribution is -2.44. The van der Waals surface area contributed by atoms with Crippen LogP contribution in [0.15, 0.2) is 29.1 Å². The lowest BCUT2D eigenvalue weighted by Gasteiger charge is -2.31. The number of cyclic esters (lactones) is 1. The molecule has 5 rings (SSSR count). The van der Waals surface area contributed by atoms with Crippen molar-refractivity contribution in [3.63, 3.8) is 0 Å². The molecule has 0 fully saturated rings. The number of rotatable bonds is 12. The summed E-state index contributed by atoms with van der Waals surface area (Å²) in [7, 11) is 0. The standard InChI is InChI=1S/C31H36N6O8/c1-3-18-19-10-17(44-9-5-8-33-26(39)13-35-27(40)14-34-25(38)12-32)6-7-23(19)36-28-20(18)15-37-24(28)11-22-21(29(37)41)16-45-30(42)31(22,43)4-2/h6-7,10-11,43H,3-5,8-9,12-16,32H2,1-2H3,(H,33,39)(H,34,38)(H,35,40). The Morgan fingerprint density at radius 1 is 1.07 bits per heavy atom. The van der Waals surface area contributed by atoms with E-state index < -0.39 is 23.4 Å². The zero-order valence-electron chi connectivity index (χ0n) is 25.2. The molecule has 0 spiro atoms. The van der Waals surface area contributed by atoms with Crippen LogP contribution in [0.25, 0.3) is 22.3 Å². The number of nitrogens with two attached hydrogens (primary N) is 1. The van der Waals surface area contributed by atoms with Crippen molar-refractivity contribution in [2.75, 3.05) is 32.8 Å². The van der Waals surface area contributed by atoms with Gasteiger partial charge in [-0.05, 0) is 49.1 Å². The molecule has 3 aromatic rings. The fourth-order valence-corrected chi connectivity index (χ4v) is 5.68. The monoisotopic (exact) mass is 620 g/mol. The molecule has 2 aromatic heterocycles. The number of carbonyl (C=O) groups excluding carboxylic acids is 4. The number of nitrogens with one attached hydrogen (secondary N) is 3. The third-order valence-electron chi connectivity index (χ3n) is 8.12. The van der Waals surface area contributed by atoms with E-state index in [1.807, 2.05) is 19.1 Å². The number of ether oxygens (including phenoxy) is 2. The van der Waals surface area contributed by atoms with Gasteiger partial charge < -0.3 is 40.8 Å². The number of benzene rings is 1. The SMILES string of the molecule is CCc1c2c(nc3ccc(OCCCNC(=O)CNC(=O)CNC(=O)CN)cc13)-c1cc3c(c(=O)n1C2)COC(=O)C3(O)CC. The van der Waals surface area contributed by atoms with Crippen molar-refractivity contribution < 1.29 is 33.8 Å². The Bertz CT molecular complexity index is 1750. The van der Waals surface area contributed by atoms with Crippen LogP contribution in [0, 0.1) is 0 Å². The fourth-order valence-electron chi connectivity index (χ4n) is 5.68. The second-order valence-electron chi connectivity index (χ2n) is 10.9. The maximum atomic E-state index is 13.5. The molecule has 0 bridgehead atoms. The van der Waals surface area contributed by atoms with Gasteiger partial charge in [0.2, 0.25) is 17.7 Å². The van der Waals surface area contributed by atoms with Crippen molar-refractivity contribution in [1.82, 2.24) is 25.5 Å². The predicted molar refractivity (Wildman–Crippen MR) is 162 cm³/mol. The Labute approximate surface area is 258 Å². The van der Waals surface area contributed by atoms with Crippen LogP contribution in [0.3, 0.4) is 0 Å². The minimum absolute atomic E-state index is 0.0747. The molecule has 4 heterocycles. The number of fused-ring (bicyclic) bond motifs is 5. The molecule has 238 valence electrons. The van der Waals surface area contributed by atoms with E-state index in [1.54, 1.807) is 23.6 Å². The van der Waals surface area contributed by atoms with Gasteiger partial charge in [0.25, 0.3) is 5.56 Å². The van der Waals surface area contributed by atoms with Crippen LogP contribution in [0.5, 0.6) is 5.75 Å². The first-order valence-corrected chi connectivity index (χ1v) is 14.9. The third kappa shape index (κ3) is 6.11. The molecular weight excluding hydrogens is 584 g/mol. The second-order valence-corrected chi connectivity index (χ2v) is 10.9. The Morgan fingerprint density at radius 3 is 2.51 bits per heavy atom. The summed E-state index contributed by atoms with van der Waals surface area (Å²) in [6.45, 7) is 3.80. The van der Waals surface area contributed by atoms with E-state index in [4.69, 9.17) is 20.2 Å². The first-order valence-electron chi connectivity index (χ1n) is 14.9. The molecule has 0 radical (unpaired) electrons. The molecule has 1 atom stereocenters. The minimum Gasteiger partial charge on any atom is -0.494 e. The van der Waals surface area contributed by atoms with Gasteiger partial charge in [0.05, 0.1) is 55.3 Å². The highest BCUT2D eigenvalue weighted by Crippen LogP contribution is 2.40. The van der Waals surface area contributed by atoms with Crippen LogP contribution in [-0.4, -0.2) is 71.1 Å². The molecule has 3 amide bonds. The Kier molecular flexibility index (Phi) is 9.16. The Balaban J connectivity index is 1.24. The van der Waals surface area contributed by atoms with Gasteiger partial charge in [-0.1, -0.05) is 13.8 Å². The van der Waals surface area contributed by atoms with E-state index in [1.165, 1.54) is 0 Å². The number of pyridine rings is 2. The van der Waals surface area contributed by atoms with Gasteiger partial charge >= 0.3 is 5.97 Å². The molecule has 14 nitrogen and oxygen atoms in total. The number of esters is 1. The summed E-state index contributed by atoms with van der Waals surface area (Å²) in [6, 6.07) is 7.28. The third-order valence-corrected chi connectivity index (χ3v) is 8.12. The normalized spacial score (nSPS) is 16.3. The van der Waals surface area contributed by atoms with Crippen LogP contribution in [0.2, 0.25) is 0 Å². The van der Waals surface area contributed by atoms with E-state index >= 15 is 0 Å².